The Bertz CT molecular complexity index is 672. The van der Waals surface area contributed by atoms with E-state index in [2.05, 4.69) is 20.6 Å². The van der Waals surface area contributed by atoms with Gasteiger partial charge in [0, 0.05) is 31.9 Å². The average Bonchev–Trinajstić information content (AvgIpc) is 2.94. The number of nitrogens with zero attached hydrogens (tertiary/aromatic N) is 4. The molecule has 1 unspecified atom stereocenters. The monoisotopic (exact) mass is 321 g/mol. The molecular weight excluding hydrogens is 302 g/mol. The number of carbonyl (C=O) groups excluding carboxylic acids is 1. The Morgan fingerprint density at radius 1 is 1.36 bits per heavy atom. The molecule has 1 N–H and O–H groups in total. The Morgan fingerprint density at radius 3 is 3.05 bits per heavy atom. The largest absolute Gasteiger partial charge is 0.376 e. The van der Waals surface area contributed by atoms with Crippen LogP contribution in [0.4, 0.5) is 0 Å². The number of ether oxygens (including phenoxy) is 1. The standard InChI is InChI=1S/C14H19N5O2S/c20-11(15-8-10-2-1-7-21-10)5-6-12-18-19-13(9-3-4-9)16-17-14(19)22-12/h9-10H,1-8H2,(H,15,20). The van der Waals surface area contributed by atoms with E-state index in [-0.39, 0.29) is 12.0 Å². The van der Waals surface area contributed by atoms with Crippen LogP contribution in [-0.4, -0.2) is 45.0 Å². The lowest BCUT2D eigenvalue weighted by Gasteiger charge is -2.10. The van der Waals surface area contributed by atoms with Crippen molar-refractivity contribution in [3.05, 3.63) is 10.8 Å². The zero-order valence-corrected chi connectivity index (χ0v) is 13.1. The van der Waals surface area contributed by atoms with Gasteiger partial charge in [0.1, 0.15) is 5.01 Å². The molecule has 2 aliphatic rings. The van der Waals surface area contributed by atoms with Crippen LogP contribution in [0.2, 0.25) is 0 Å². The first-order valence-corrected chi connectivity index (χ1v) is 8.70. The molecule has 1 aliphatic carbocycles. The fourth-order valence-electron chi connectivity index (χ4n) is 2.71. The Morgan fingerprint density at radius 2 is 2.27 bits per heavy atom. The predicted octanol–water partition coefficient (Wildman–Crippen LogP) is 1.29. The number of rotatable bonds is 6. The summed E-state index contributed by atoms with van der Waals surface area (Å²) in [5, 5.41) is 16.8. The molecule has 7 nitrogen and oxygen atoms in total. The van der Waals surface area contributed by atoms with Crippen molar-refractivity contribution in [1.82, 2.24) is 25.1 Å². The molecule has 4 rings (SSSR count). The van der Waals surface area contributed by atoms with E-state index in [0.717, 1.165) is 35.2 Å². The van der Waals surface area contributed by atoms with Gasteiger partial charge in [0.05, 0.1) is 6.10 Å². The molecule has 1 aliphatic heterocycles. The summed E-state index contributed by atoms with van der Waals surface area (Å²) in [4.78, 5) is 12.7. The van der Waals surface area contributed by atoms with Gasteiger partial charge < -0.3 is 10.1 Å². The van der Waals surface area contributed by atoms with E-state index in [9.17, 15) is 4.79 Å². The van der Waals surface area contributed by atoms with E-state index >= 15 is 0 Å². The summed E-state index contributed by atoms with van der Waals surface area (Å²) in [6, 6.07) is 0. The fraction of sp³-hybridized carbons (Fsp3) is 0.714. The molecule has 1 amide bonds. The summed E-state index contributed by atoms with van der Waals surface area (Å²) in [5.41, 5.74) is 0. The van der Waals surface area contributed by atoms with Crippen molar-refractivity contribution in [3.8, 4) is 0 Å². The molecule has 0 radical (unpaired) electrons. The molecule has 2 fully saturated rings. The van der Waals surface area contributed by atoms with E-state index < -0.39 is 0 Å². The van der Waals surface area contributed by atoms with Crippen LogP contribution in [0.25, 0.3) is 4.96 Å². The highest BCUT2D eigenvalue weighted by Crippen LogP contribution is 2.39. The Balaban J connectivity index is 1.30. The Hall–Kier alpha value is -1.54. The second-order valence-corrected chi connectivity index (χ2v) is 7.00. The first kappa shape index (κ1) is 14.1. The summed E-state index contributed by atoms with van der Waals surface area (Å²) >= 11 is 1.52. The first-order valence-electron chi connectivity index (χ1n) is 7.89. The maximum Gasteiger partial charge on any atom is 0.234 e. The van der Waals surface area contributed by atoms with Crippen molar-refractivity contribution < 1.29 is 9.53 Å². The second-order valence-electron chi connectivity index (χ2n) is 5.96. The zero-order chi connectivity index (χ0) is 14.9. The lowest BCUT2D eigenvalue weighted by Crippen LogP contribution is -2.31. The minimum absolute atomic E-state index is 0.0591. The minimum Gasteiger partial charge on any atom is -0.376 e. The first-order chi connectivity index (χ1) is 10.8. The van der Waals surface area contributed by atoms with Crippen LogP contribution >= 0.6 is 11.3 Å². The number of nitrogens with one attached hydrogen (secondary N) is 1. The topological polar surface area (TPSA) is 81.4 Å². The van der Waals surface area contributed by atoms with Gasteiger partial charge in [0.25, 0.3) is 0 Å². The Labute approximate surface area is 132 Å². The van der Waals surface area contributed by atoms with Crippen LogP contribution in [0, 0.1) is 0 Å². The van der Waals surface area contributed by atoms with Gasteiger partial charge in [0.15, 0.2) is 5.82 Å². The smallest absolute Gasteiger partial charge is 0.234 e. The maximum atomic E-state index is 11.9. The van der Waals surface area contributed by atoms with Crippen molar-refractivity contribution in [1.29, 1.82) is 0 Å². The van der Waals surface area contributed by atoms with E-state index in [1.54, 1.807) is 0 Å². The number of carbonyl (C=O) groups is 1. The molecule has 22 heavy (non-hydrogen) atoms. The number of hydrogen-bond donors (Lipinski definition) is 1. The highest BCUT2D eigenvalue weighted by Gasteiger charge is 2.30. The predicted molar refractivity (Wildman–Crippen MR) is 80.9 cm³/mol. The number of amides is 1. The quantitative estimate of drug-likeness (QED) is 0.867. The highest BCUT2D eigenvalue weighted by molar-refractivity contribution is 7.16. The molecule has 3 heterocycles. The van der Waals surface area contributed by atoms with Crippen LogP contribution in [0.5, 0.6) is 0 Å². The van der Waals surface area contributed by atoms with Gasteiger partial charge >= 0.3 is 0 Å². The minimum atomic E-state index is 0.0591. The molecule has 2 aromatic rings. The molecule has 0 bridgehead atoms. The summed E-state index contributed by atoms with van der Waals surface area (Å²) in [5.74, 6) is 1.56. The summed E-state index contributed by atoms with van der Waals surface area (Å²) in [6.45, 7) is 1.44. The summed E-state index contributed by atoms with van der Waals surface area (Å²) < 4.78 is 7.34. The fourth-order valence-corrected chi connectivity index (χ4v) is 3.55. The van der Waals surface area contributed by atoms with Crippen molar-refractivity contribution in [2.75, 3.05) is 13.2 Å². The Kier molecular flexibility index (Phi) is 3.79. The normalized spacial score (nSPS) is 21.5. The van der Waals surface area contributed by atoms with Gasteiger partial charge in [0.2, 0.25) is 10.9 Å². The zero-order valence-electron chi connectivity index (χ0n) is 12.3. The van der Waals surface area contributed by atoms with Crippen molar-refractivity contribution in [3.63, 3.8) is 0 Å². The number of aryl methyl sites for hydroxylation is 1. The summed E-state index contributed by atoms with van der Waals surface area (Å²) in [7, 11) is 0. The maximum absolute atomic E-state index is 11.9. The third kappa shape index (κ3) is 2.98. The van der Waals surface area contributed by atoms with E-state index in [1.165, 1.54) is 24.2 Å². The third-order valence-corrected chi connectivity index (χ3v) is 5.07. The lowest BCUT2D eigenvalue weighted by molar-refractivity contribution is -0.121. The molecule has 1 atom stereocenters. The molecule has 1 saturated carbocycles. The average molecular weight is 321 g/mol. The number of fused-ring (bicyclic) bond motifs is 1. The number of aromatic nitrogens is 4. The van der Waals surface area contributed by atoms with Gasteiger partial charge in [-0.05, 0) is 25.7 Å². The van der Waals surface area contributed by atoms with E-state index in [4.69, 9.17) is 4.74 Å². The van der Waals surface area contributed by atoms with Gasteiger partial charge in [-0.3, -0.25) is 4.79 Å². The van der Waals surface area contributed by atoms with Gasteiger partial charge in [-0.25, -0.2) is 0 Å². The third-order valence-electron chi connectivity index (χ3n) is 4.12. The van der Waals surface area contributed by atoms with Crippen molar-refractivity contribution in [2.24, 2.45) is 0 Å². The van der Waals surface area contributed by atoms with Gasteiger partial charge in [-0.15, -0.1) is 10.2 Å². The molecule has 8 heteroatoms. The van der Waals surface area contributed by atoms with Crippen molar-refractivity contribution in [2.45, 2.75) is 50.5 Å². The molecule has 118 valence electrons. The van der Waals surface area contributed by atoms with Crippen LogP contribution < -0.4 is 5.32 Å². The van der Waals surface area contributed by atoms with E-state index in [1.807, 2.05) is 4.52 Å². The molecule has 2 aromatic heterocycles. The molecule has 0 aromatic carbocycles. The van der Waals surface area contributed by atoms with Crippen LogP contribution in [-0.2, 0) is 16.0 Å². The molecular formula is C14H19N5O2S. The number of hydrogen-bond acceptors (Lipinski definition) is 6. The van der Waals surface area contributed by atoms with Gasteiger partial charge in [-0.2, -0.15) is 9.61 Å². The second kappa shape index (κ2) is 5.92. The summed E-state index contributed by atoms with van der Waals surface area (Å²) in [6.07, 6.45) is 5.79. The van der Waals surface area contributed by atoms with Gasteiger partial charge in [-0.1, -0.05) is 11.3 Å². The van der Waals surface area contributed by atoms with Crippen LogP contribution in [0.3, 0.4) is 0 Å². The molecule has 0 spiro atoms. The van der Waals surface area contributed by atoms with Crippen molar-refractivity contribution >= 4 is 22.2 Å². The van der Waals surface area contributed by atoms with Crippen LogP contribution in [0.15, 0.2) is 0 Å². The molecule has 1 saturated heterocycles. The highest BCUT2D eigenvalue weighted by atomic mass is 32.1. The lowest BCUT2D eigenvalue weighted by atomic mass is 10.2. The van der Waals surface area contributed by atoms with E-state index in [0.29, 0.717) is 25.3 Å². The van der Waals surface area contributed by atoms with Crippen LogP contribution in [0.1, 0.15) is 48.9 Å². The SMILES string of the molecule is O=C(CCc1nn2c(C3CC3)nnc2s1)NCC1CCCO1.